The van der Waals surface area contributed by atoms with Crippen molar-refractivity contribution < 1.29 is 5.11 Å². The molecule has 1 saturated heterocycles. The van der Waals surface area contributed by atoms with Crippen molar-refractivity contribution in [3.8, 4) is 11.8 Å². The van der Waals surface area contributed by atoms with Gasteiger partial charge in [-0.25, -0.2) is 0 Å². The topological polar surface area (TPSA) is 23.5 Å². The predicted molar refractivity (Wildman–Crippen MR) is 119 cm³/mol. The summed E-state index contributed by atoms with van der Waals surface area (Å²) >= 11 is 0. The van der Waals surface area contributed by atoms with Crippen molar-refractivity contribution in [2.75, 3.05) is 19.6 Å². The highest BCUT2D eigenvalue weighted by Crippen LogP contribution is 2.32. The molecule has 146 valence electrons. The quantitative estimate of drug-likeness (QED) is 0.642. The van der Waals surface area contributed by atoms with Crippen LogP contribution in [-0.2, 0) is 5.60 Å². The van der Waals surface area contributed by atoms with Crippen LogP contribution in [0, 0.1) is 11.8 Å². The number of nitrogens with zero attached hydrogens (tertiary/aromatic N) is 1. The molecule has 0 bridgehead atoms. The molecule has 1 heterocycles. The first kappa shape index (κ1) is 19.5. The van der Waals surface area contributed by atoms with E-state index >= 15 is 0 Å². The number of rotatable bonds is 5. The fraction of sp³-hybridized carbons (Fsp3) is 0.259. The number of benzene rings is 3. The van der Waals surface area contributed by atoms with Crippen molar-refractivity contribution in [1.82, 2.24) is 4.90 Å². The lowest BCUT2D eigenvalue weighted by atomic mass is 9.84. The average Bonchev–Trinajstić information content (AvgIpc) is 3.27. The molecule has 1 atom stereocenters. The summed E-state index contributed by atoms with van der Waals surface area (Å²) < 4.78 is 0. The molecule has 0 unspecified atom stereocenters. The second kappa shape index (κ2) is 9.09. The normalized spacial score (nSPS) is 16.9. The van der Waals surface area contributed by atoms with Gasteiger partial charge in [-0.2, -0.15) is 0 Å². The first-order valence-electron chi connectivity index (χ1n) is 10.3. The second-order valence-electron chi connectivity index (χ2n) is 7.75. The average molecular weight is 382 g/mol. The molecule has 2 nitrogen and oxygen atoms in total. The molecule has 1 aliphatic heterocycles. The summed E-state index contributed by atoms with van der Waals surface area (Å²) in [4.78, 5) is 2.41. The van der Waals surface area contributed by atoms with Gasteiger partial charge in [-0.3, -0.25) is 4.90 Å². The van der Waals surface area contributed by atoms with Crippen LogP contribution in [0.1, 0.15) is 35.4 Å². The number of aliphatic hydroxyl groups is 1. The van der Waals surface area contributed by atoms with Crippen LogP contribution in [0.4, 0.5) is 0 Å². The van der Waals surface area contributed by atoms with Crippen LogP contribution >= 0.6 is 0 Å². The van der Waals surface area contributed by atoms with Crippen LogP contribution in [0.2, 0.25) is 0 Å². The standard InChI is InChI=1S/C27H27NO/c29-27(25-14-6-2-7-15-25,26-16-8-3-9-17-26)19-10-11-20-28-21-18-24(22-28)23-12-4-1-5-13-23/h1-9,12-17,24,29H,18-22H2/t24-/m0/s1. The minimum Gasteiger partial charge on any atom is -0.379 e. The third-order valence-electron chi connectivity index (χ3n) is 5.82. The molecule has 0 radical (unpaired) electrons. The SMILES string of the molecule is OC(CC#CCN1CC[C@H](c2ccccc2)C1)(c1ccccc1)c1ccccc1. The predicted octanol–water partition coefficient (Wildman–Crippen LogP) is 4.81. The summed E-state index contributed by atoms with van der Waals surface area (Å²) in [5, 5.41) is 11.5. The lowest BCUT2D eigenvalue weighted by Crippen LogP contribution is -2.27. The monoisotopic (exact) mass is 381 g/mol. The number of hydrogen-bond acceptors (Lipinski definition) is 2. The van der Waals surface area contributed by atoms with Crippen LogP contribution in [0.3, 0.4) is 0 Å². The van der Waals surface area contributed by atoms with Gasteiger partial charge in [0.1, 0.15) is 5.60 Å². The maximum Gasteiger partial charge on any atom is 0.125 e. The smallest absolute Gasteiger partial charge is 0.125 e. The van der Waals surface area contributed by atoms with Crippen LogP contribution in [0.15, 0.2) is 91.0 Å². The van der Waals surface area contributed by atoms with Crippen LogP contribution in [-0.4, -0.2) is 29.6 Å². The Balaban J connectivity index is 1.43. The van der Waals surface area contributed by atoms with Gasteiger partial charge in [-0.1, -0.05) is 103 Å². The Hall–Kier alpha value is -2.86. The number of likely N-dealkylation sites (tertiary alicyclic amines) is 1. The molecule has 3 aromatic carbocycles. The van der Waals surface area contributed by atoms with Crippen LogP contribution in [0.5, 0.6) is 0 Å². The molecular weight excluding hydrogens is 354 g/mol. The Kier molecular flexibility index (Phi) is 6.10. The van der Waals surface area contributed by atoms with Crippen molar-refractivity contribution in [2.45, 2.75) is 24.4 Å². The fourth-order valence-corrected chi connectivity index (χ4v) is 4.13. The zero-order chi connectivity index (χ0) is 19.9. The molecule has 4 rings (SSSR count). The van der Waals surface area contributed by atoms with E-state index in [9.17, 15) is 5.11 Å². The summed E-state index contributed by atoms with van der Waals surface area (Å²) in [5.74, 6) is 7.17. The first-order valence-corrected chi connectivity index (χ1v) is 10.3. The Bertz CT molecular complexity index is 917. The van der Waals surface area contributed by atoms with E-state index in [0.29, 0.717) is 12.3 Å². The molecule has 29 heavy (non-hydrogen) atoms. The zero-order valence-electron chi connectivity index (χ0n) is 16.7. The molecule has 0 saturated carbocycles. The van der Waals surface area contributed by atoms with Crippen molar-refractivity contribution in [3.63, 3.8) is 0 Å². The van der Waals surface area contributed by atoms with Crippen molar-refractivity contribution in [2.24, 2.45) is 0 Å². The van der Waals surface area contributed by atoms with Gasteiger partial charge in [0.2, 0.25) is 0 Å². The molecule has 0 spiro atoms. The van der Waals surface area contributed by atoms with Gasteiger partial charge in [0, 0.05) is 13.0 Å². The van der Waals surface area contributed by atoms with Gasteiger partial charge >= 0.3 is 0 Å². The van der Waals surface area contributed by atoms with Gasteiger partial charge in [0.05, 0.1) is 6.54 Å². The summed E-state index contributed by atoms with van der Waals surface area (Å²) in [5.41, 5.74) is 2.09. The number of hydrogen-bond donors (Lipinski definition) is 1. The van der Waals surface area contributed by atoms with E-state index in [1.54, 1.807) is 0 Å². The minimum absolute atomic E-state index is 0.386. The minimum atomic E-state index is -1.09. The molecule has 2 heteroatoms. The molecule has 1 aliphatic rings. The highest BCUT2D eigenvalue weighted by Gasteiger charge is 2.30. The summed E-state index contributed by atoms with van der Waals surface area (Å²) in [6.45, 7) is 2.89. The Morgan fingerprint density at radius 1 is 0.793 bits per heavy atom. The second-order valence-corrected chi connectivity index (χ2v) is 7.75. The lowest BCUT2D eigenvalue weighted by Gasteiger charge is -2.27. The van der Waals surface area contributed by atoms with E-state index in [4.69, 9.17) is 0 Å². The van der Waals surface area contributed by atoms with Gasteiger partial charge < -0.3 is 5.11 Å². The van der Waals surface area contributed by atoms with E-state index in [-0.39, 0.29) is 0 Å². The van der Waals surface area contributed by atoms with Crippen LogP contribution < -0.4 is 0 Å². The van der Waals surface area contributed by atoms with Gasteiger partial charge in [0.25, 0.3) is 0 Å². The van der Waals surface area contributed by atoms with Crippen LogP contribution in [0.25, 0.3) is 0 Å². The largest absolute Gasteiger partial charge is 0.379 e. The third kappa shape index (κ3) is 4.59. The molecule has 3 aromatic rings. The molecule has 0 amide bonds. The zero-order valence-corrected chi connectivity index (χ0v) is 16.7. The highest BCUT2D eigenvalue weighted by atomic mass is 16.3. The third-order valence-corrected chi connectivity index (χ3v) is 5.82. The molecule has 1 N–H and O–H groups in total. The van der Waals surface area contributed by atoms with Gasteiger partial charge in [-0.05, 0) is 35.6 Å². The summed E-state index contributed by atoms with van der Waals surface area (Å²) in [6, 6.07) is 30.4. The maximum atomic E-state index is 11.5. The van der Waals surface area contributed by atoms with E-state index in [1.165, 1.54) is 12.0 Å². The maximum absolute atomic E-state index is 11.5. The van der Waals surface area contributed by atoms with Crippen molar-refractivity contribution in [3.05, 3.63) is 108 Å². The van der Waals surface area contributed by atoms with Gasteiger partial charge in [0.15, 0.2) is 0 Å². The first-order chi connectivity index (χ1) is 14.3. The van der Waals surface area contributed by atoms with E-state index in [1.807, 2.05) is 60.7 Å². The van der Waals surface area contributed by atoms with Crippen molar-refractivity contribution in [1.29, 1.82) is 0 Å². The Morgan fingerprint density at radius 2 is 1.34 bits per heavy atom. The van der Waals surface area contributed by atoms with E-state index in [0.717, 1.165) is 30.8 Å². The fourth-order valence-electron chi connectivity index (χ4n) is 4.13. The molecule has 1 fully saturated rings. The molecular formula is C27H27NO. The van der Waals surface area contributed by atoms with E-state index < -0.39 is 5.60 Å². The Labute approximate surface area is 173 Å². The molecule has 0 aromatic heterocycles. The summed E-state index contributed by atoms with van der Waals surface area (Å²) in [7, 11) is 0. The lowest BCUT2D eigenvalue weighted by molar-refractivity contribution is 0.0865. The van der Waals surface area contributed by atoms with E-state index in [2.05, 4.69) is 47.1 Å². The molecule has 0 aliphatic carbocycles. The van der Waals surface area contributed by atoms with Gasteiger partial charge in [-0.15, -0.1) is 0 Å². The highest BCUT2D eigenvalue weighted by molar-refractivity contribution is 5.37. The summed E-state index contributed by atoms with van der Waals surface area (Å²) in [6.07, 6.45) is 1.57. The Morgan fingerprint density at radius 3 is 1.93 bits per heavy atom. The van der Waals surface area contributed by atoms with Crippen molar-refractivity contribution >= 4 is 0 Å².